The van der Waals surface area contributed by atoms with Crippen molar-refractivity contribution in [3.05, 3.63) is 23.5 Å². The first-order valence-corrected chi connectivity index (χ1v) is 11.0. The van der Waals surface area contributed by atoms with Gasteiger partial charge in [0.1, 0.15) is 10.6 Å². The third-order valence-electron chi connectivity index (χ3n) is 5.69. The van der Waals surface area contributed by atoms with Gasteiger partial charge in [0.05, 0.1) is 5.69 Å². The Morgan fingerprint density at radius 3 is 2.30 bits per heavy atom. The maximum absolute atomic E-state index is 13.2. The second-order valence-corrected chi connectivity index (χ2v) is 9.38. The highest BCUT2D eigenvalue weighted by molar-refractivity contribution is 7.89. The lowest BCUT2D eigenvalue weighted by Gasteiger charge is -2.40. The topological polar surface area (TPSA) is 62.7 Å². The normalized spacial score (nSPS) is 23.8. The molecule has 2 aliphatic heterocycles. The summed E-state index contributed by atoms with van der Waals surface area (Å²) in [6.45, 7) is 3.73. The van der Waals surface area contributed by atoms with Crippen molar-refractivity contribution in [1.82, 2.24) is 14.2 Å². The van der Waals surface area contributed by atoms with Gasteiger partial charge in [-0.15, -0.1) is 0 Å². The lowest BCUT2D eigenvalue weighted by atomic mass is 10.1. The molecule has 0 atom stereocenters. The second-order valence-electron chi connectivity index (χ2n) is 7.48. The number of halogens is 2. The molecule has 0 amide bonds. The minimum atomic E-state index is -3.72. The summed E-state index contributed by atoms with van der Waals surface area (Å²) in [6, 6.07) is 2.92. The lowest BCUT2D eigenvalue weighted by molar-refractivity contribution is 0.0229. The number of rotatable bonds is 5. The number of alkyl halides is 2. The summed E-state index contributed by atoms with van der Waals surface area (Å²) in [4.78, 5) is 6.45. The van der Waals surface area contributed by atoms with Crippen LogP contribution in [0, 0.1) is 0 Å². The highest BCUT2D eigenvalue weighted by atomic mass is 32.2. The minimum Gasteiger partial charge on any atom is -0.381 e. The molecule has 0 radical (unpaired) electrons. The van der Waals surface area contributed by atoms with E-state index >= 15 is 0 Å². The molecule has 1 saturated carbocycles. The van der Waals surface area contributed by atoms with Gasteiger partial charge in [-0.1, -0.05) is 0 Å². The lowest BCUT2D eigenvalue weighted by Crippen LogP contribution is -2.53. The fraction of sp³-hybridized carbons (Fsp3) is 0.722. The summed E-state index contributed by atoms with van der Waals surface area (Å²) in [5, 5.41) is 0. The number of ether oxygens (including phenoxy) is 1. The standard InChI is InChI=1S/C18H25F2N3O3S/c19-18(20)15-3-4-16(17(21-15)13-1-2-13)27(24,25)23-9-7-22(8-10-23)14-5-11-26-12-6-14/h3-4,13-14,18H,1-2,5-12H2. The van der Waals surface area contributed by atoms with Gasteiger partial charge in [-0.25, -0.2) is 17.2 Å². The van der Waals surface area contributed by atoms with Crippen LogP contribution in [0.4, 0.5) is 8.78 Å². The molecule has 1 aromatic heterocycles. The van der Waals surface area contributed by atoms with E-state index in [2.05, 4.69) is 9.88 Å². The number of aromatic nitrogens is 1. The molecular formula is C18H25F2N3O3S. The second kappa shape index (κ2) is 7.69. The van der Waals surface area contributed by atoms with Gasteiger partial charge in [0.2, 0.25) is 10.0 Å². The van der Waals surface area contributed by atoms with Crippen LogP contribution in [0.5, 0.6) is 0 Å². The molecule has 9 heteroatoms. The summed E-state index contributed by atoms with van der Waals surface area (Å²) in [6.07, 6.45) is 0.886. The molecule has 0 unspecified atom stereocenters. The largest absolute Gasteiger partial charge is 0.381 e. The highest BCUT2D eigenvalue weighted by Gasteiger charge is 2.37. The van der Waals surface area contributed by atoms with Crippen LogP contribution in [-0.2, 0) is 14.8 Å². The van der Waals surface area contributed by atoms with E-state index in [0.29, 0.717) is 37.9 Å². The molecule has 3 fully saturated rings. The Morgan fingerprint density at radius 2 is 1.70 bits per heavy atom. The van der Waals surface area contributed by atoms with Gasteiger partial charge in [0, 0.05) is 51.4 Å². The zero-order chi connectivity index (χ0) is 19.0. The summed E-state index contributed by atoms with van der Waals surface area (Å²) in [7, 11) is -3.72. The monoisotopic (exact) mass is 401 g/mol. The van der Waals surface area contributed by atoms with Crippen molar-refractivity contribution in [1.29, 1.82) is 0 Å². The smallest absolute Gasteiger partial charge is 0.280 e. The zero-order valence-electron chi connectivity index (χ0n) is 15.2. The summed E-state index contributed by atoms with van der Waals surface area (Å²) >= 11 is 0. The van der Waals surface area contributed by atoms with Crippen LogP contribution in [0.3, 0.4) is 0 Å². The Bertz CT molecular complexity index is 772. The fourth-order valence-corrected chi connectivity index (χ4v) is 5.60. The van der Waals surface area contributed by atoms with Crippen molar-refractivity contribution in [2.75, 3.05) is 39.4 Å². The number of hydrogen-bond acceptors (Lipinski definition) is 5. The first-order chi connectivity index (χ1) is 13.0. The van der Waals surface area contributed by atoms with Crippen LogP contribution in [-0.4, -0.2) is 68.0 Å². The van der Waals surface area contributed by atoms with E-state index in [4.69, 9.17) is 4.74 Å². The Morgan fingerprint density at radius 1 is 1.04 bits per heavy atom. The van der Waals surface area contributed by atoms with E-state index in [1.807, 2.05) is 0 Å². The molecule has 0 spiro atoms. The predicted octanol–water partition coefficient (Wildman–Crippen LogP) is 2.38. The van der Waals surface area contributed by atoms with Crippen LogP contribution in [0.15, 0.2) is 17.0 Å². The van der Waals surface area contributed by atoms with Gasteiger partial charge in [-0.2, -0.15) is 4.31 Å². The van der Waals surface area contributed by atoms with Gasteiger partial charge in [0.25, 0.3) is 6.43 Å². The van der Waals surface area contributed by atoms with Crippen molar-refractivity contribution in [3.8, 4) is 0 Å². The summed E-state index contributed by atoms with van der Waals surface area (Å²) < 4.78 is 59.2. The zero-order valence-corrected chi connectivity index (χ0v) is 16.0. The molecule has 0 N–H and O–H groups in total. The highest BCUT2D eigenvalue weighted by Crippen LogP contribution is 2.43. The molecule has 6 nitrogen and oxygen atoms in total. The van der Waals surface area contributed by atoms with E-state index in [1.165, 1.54) is 10.4 Å². The molecule has 0 aromatic carbocycles. The van der Waals surface area contributed by atoms with E-state index in [0.717, 1.165) is 45.0 Å². The van der Waals surface area contributed by atoms with Gasteiger partial charge in [-0.3, -0.25) is 9.88 Å². The Balaban J connectivity index is 1.50. The Kier molecular flexibility index (Phi) is 5.46. The first kappa shape index (κ1) is 19.2. The first-order valence-electron chi connectivity index (χ1n) is 9.58. The average molecular weight is 401 g/mol. The van der Waals surface area contributed by atoms with Crippen molar-refractivity contribution in [2.24, 2.45) is 0 Å². The SMILES string of the molecule is O=S(=O)(c1ccc(C(F)F)nc1C1CC1)N1CCN(C2CCOCC2)CC1. The van der Waals surface area contributed by atoms with Crippen molar-refractivity contribution in [3.63, 3.8) is 0 Å². The number of pyridine rings is 1. The quantitative estimate of drug-likeness (QED) is 0.758. The van der Waals surface area contributed by atoms with Crippen molar-refractivity contribution < 1.29 is 21.9 Å². The number of nitrogens with zero attached hydrogens (tertiary/aromatic N) is 3. The molecule has 150 valence electrons. The molecule has 1 aliphatic carbocycles. The third-order valence-corrected chi connectivity index (χ3v) is 7.64. The van der Waals surface area contributed by atoms with Crippen molar-refractivity contribution >= 4 is 10.0 Å². The predicted molar refractivity (Wildman–Crippen MR) is 95.3 cm³/mol. The molecule has 3 heterocycles. The molecule has 4 rings (SSSR count). The van der Waals surface area contributed by atoms with E-state index in [9.17, 15) is 17.2 Å². The number of hydrogen-bond donors (Lipinski definition) is 0. The van der Waals surface area contributed by atoms with Gasteiger partial charge < -0.3 is 4.74 Å². The summed E-state index contributed by atoms with van der Waals surface area (Å²) in [5.74, 6) is -0.0167. The molecule has 27 heavy (non-hydrogen) atoms. The van der Waals surface area contributed by atoms with Crippen LogP contribution in [0.25, 0.3) is 0 Å². The molecule has 1 aromatic rings. The van der Waals surface area contributed by atoms with E-state index in [-0.39, 0.29) is 16.5 Å². The molecular weight excluding hydrogens is 376 g/mol. The maximum Gasteiger partial charge on any atom is 0.280 e. The Labute approximate surface area is 158 Å². The van der Waals surface area contributed by atoms with Crippen LogP contribution in [0.1, 0.15) is 49.4 Å². The average Bonchev–Trinajstić information content (AvgIpc) is 3.53. The van der Waals surface area contributed by atoms with Crippen LogP contribution >= 0.6 is 0 Å². The van der Waals surface area contributed by atoms with Gasteiger partial charge in [-0.05, 0) is 37.8 Å². The Hall–Kier alpha value is -1.16. The van der Waals surface area contributed by atoms with E-state index in [1.54, 1.807) is 0 Å². The van der Waals surface area contributed by atoms with Crippen LogP contribution < -0.4 is 0 Å². The maximum atomic E-state index is 13.2. The van der Waals surface area contributed by atoms with Gasteiger partial charge in [0.15, 0.2) is 0 Å². The molecule has 3 aliphatic rings. The van der Waals surface area contributed by atoms with Crippen LogP contribution in [0.2, 0.25) is 0 Å². The molecule has 2 saturated heterocycles. The number of piperazine rings is 1. The van der Waals surface area contributed by atoms with Gasteiger partial charge >= 0.3 is 0 Å². The fourth-order valence-electron chi connectivity index (χ4n) is 3.97. The van der Waals surface area contributed by atoms with Crippen molar-refractivity contribution in [2.45, 2.75) is 49.0 Å². The molecule has 0 bridgehead atoms. The summed E-state index contributed by atoms with van der Waals surface area (Å²) in [5.41, 5.74) is -0.0279. The third kappa shape index (κ3) is 4.01. The minimum absolute atomic E-state index is 0.0167. The number of sulfonamides is 1. The van der Waals surface area contributed by atoms with E-state index < -0.39 is 16.4 Å².